The highest BCUT2D eigenvalue weighted by Gasteiger charge is 2.32. The molecule has 2 N–H and O–H groups in total. The zero-order valence-corrected chi connectivity index (χ0v) is 24.4. The first-order chi connectivity index (χ1) is 19.3. The van der Waals surface area contributed by atoms with Crippen molar-refractivity contribution < 1.29 is 9.47 Å². The summed E-state index contributed by atoms with van der Waals surface area (Å²) in [5.41, 5.74) is 3.93. The maximum Gasteiger partial charge on any atom is 0.275 e. The third-order valence-electron chi connectivity index (χ3n) is 6.79. The molecule has 2 heterocycles. The second-order valence-electron chi connectivity index (χ2n) is 9.38. The van der Waals surface area contributed by atoms with Gasteiger partial charge in [-0.25, -0.2) is 9.36 Å². The Morgan fingerprint density at radius 3 is 1.68 bits per heavy atom. The minimum absolute atomic E-state index is 0.233. The average molecular weight is 604 g/mol. The Hall–Kier alpha value is -4.24. The molecule has 40 heavy (non-hydrogen) atoms. The van der Waals surface area contributed by atoms with E-state index in [9.17, 15) is 9.59 Å². The van der Waals surface area contributed by atoms with Crippen molar-refractivity contribution in [3.05, 3.63) is 126 Å². The number of aromatic amines is 2. The molecule has 2 aromatic heterocycles. The molecule has 3 aromatic carbocycles. The summed E-state index contributed by atoms with van der Waals surface area (Å²) in [4.78, 5) is 28.2. The molecular formula is C31H31BrN4O4. The molecule has 0 aliphatic carbocycles. The molecule has 0 aliphatic heterocycles. The molecule has 0 unspecified atom stereocenters. The predicted octanol–water partition coefficient (Wildman–Crippen LogP) is 6.00. The van der Waals surface area contributed by atoms with E-state index in [0.29, 0.717) is 63.1 Å². The summed E-state index contributed by atoms with van der Waals surface area (Å²) in [6.07, 6.45) is 0. The lowest BCUT2D eigenvalue weighted by molar-refractivity contribution is 0.286. The molecule has 0 fully saturated rings. The summed E-state index contributed by atoms with van der Waals surface area (Å²) < 4.78 is 15.5. The zero-order chi connectivity index (χ0) is 28.4. The van der Waals surface area contributed by atoms with Crippen molar-refractivity contribution in [2.45, 2.75) is 33.6 Å². The highest BCUT2D eigenvalue weighted by molar-refractivity contribution is 9.10. The number of aromatic nitrogens is 4. The topological polar surface area (TPSA) is 94.0 Å². The minimum Gasteiger partial charge on any atom is -0.490 e. The van der Waals surface area contributed by atoms with Crippen molar-refractivity contribution in [1.82, 2.24) is 19.6 Å². The number of ether oxygens (including phenoxy) is 2. The van der Waals surface area contributed by atoms with Crippen LogP contribution in [0.3, 0.4) is 0 Å². The SMILES string of the molecule is CCOc1cc(C(c2c(C)[nH]n(-c3ccccc3)c2=O)c2c(C)[nH]n(-c3ccccc3)c2=O)cc(Br)c1OCC. The fourth-order valence-corrected chi connectivity index (χ4v) is 5.67. The van der Waals surface area contributed by atoms with Gasteiger partial charge in [0.25, 0.3) is 11.1 Å². The first-order valence-corrected chi connectivity index (χ1v) is 14.0. The van der Waals surface area contributed by atoms with Crippen LogP contribution in [0.5, 0.6) is 11.5 Å². The van der Waals surface area contributed by atoms with Crippen LogP contribution < -0.4 is 20.6 Å². The number of benzene rings is 3. The van der Waals surface area contributed by atoms with Gasteiger partial charge in [0.1, 0.15) is 0 Å². The molecule has 206 valence electrons. The first kappa shape index (κ1) is 27.3. The lowest BCUT2D eigenvalue weighted by Crippen LogP contribution is -2.25. The molecule has 0 atom stereocenters. The molecule has 0 saturated carbocycles. The van der Waals surface area contributed by atoms with Crippen molar-refractivity contribution in [3.63, 3.8) is 0 Å². The van der Waals surface area contributed by atoms with Crippen molar-refractivity contribution in [2.75, 3.05) is 13.2 Å². The van der Waals surface area contributed by atoms with Gasteiger partial charge in [-0.2, -0.15) is 0 Å². The fraction of sp³-hybridized carbons (Fsp3) is 0.226. The monoisotopic (exact) mass is 602 g/mol. The van der Waals surface area contributed by atoms with E-state index in [0.717, 1.165) is 5.56 Å². The number of rotatable bonds is 9. The zero-order valence-electron chi connectivity index (χ0n) is 22.8. The smallest absolute Gasteiger partial charge is 0.275 e. The van der Waals surface area contributed by atoms with Crippen LogP contribution in [0.2, 0.25) is 0 Å². The standard InChI is InChI=1S/C31H31BrN4O4/c1-5-39-25-18-21(17-24(32)29(25)40-6-2)28(26-19(3)33-35(30(26)37)22-13-9-7-10-14-22)27-20(4)34-36(31(27)38)23-15-11-8-12-16-23/h7-18,28,33-34H,5-6H2,1-4H3. The van der Waals surface area contributed by atoms with E-state index < -0.39 is 5.92 Å². The summed E-state index contributed by atoms with van der Waals surface area (Å²) in [7, 11) is 0. The Balaban J connectivity index is 1.81. The second kappa shape index (κ2) is 11.5. The maximum absolute atomic E-state index is 14.1. The summed E-state index contributed by atoms with van der Waals surface area (Å²) >= 11 is 3.65. The average Bonchev–Trinajstić information content (AvgIpc) is 3.42. The second-order valence-corrected chi connectivity index (χ2v) is 10.2. The third-order valence-corrected chi connectivity index (χ3v) is 7.38. The number of para-hydroxylation sites is 2. The van der Waals surface area contributed by atoms with E-state index in [1.807, 2.05) is 100 Å². The normalized spacial score (nSPS) is 11.2. The van der Waals surface area contributed by atoms with Crippen molar-refractivity contribution in [3.8, 4) is 22.9 Å². The van der Waals surface area contributed by atoms with Crippen LogP contribution in [0.4, 0.5) is 0 Å². The Labute approximate surface area is 240 Å². The van der Waals surface area contributed by atoms with Crippen molar-refractivity contribution in [1.29, 1.82) is 0 Å². The van der Waals surface area contributed by atoms with Crippen molar-refractivity contribution in [2.24, 2.45) is 0 Å². The number of hydrogen-bond acceptors (Lipinski definition) is 4. The van der Waals surface area contributed by atoms with Gasteiger partial charge < -0.3 is 9.47 Å². The van der Waals surface area contributed by atoms with Crippen LogP contribution in [-0.2, 0) is 0 Å². The van der Waals surface area contributed by atoms with Gasteiger partial charge in [0.05, 0.1) is 40.2 Å². The highest BCUT2D eigenvalue weighted by Crippen LogP contribution is 2.42. The Morgan fingerprint density at radius 2 is 1.23 bits per heavy atom. The molecule has 0 radical (unpaired) electrons. The number of nitrogens with zero attached hydrogens (tertiary/aromatic N) is 2. The molecule has 0 amide bonds. The molecule has 0 spiro atoms. The van der Waals surface area contributed by atoms with Gasteiger partial charge >= 0.3 is 0 Å². The quantitative estimate of drug-likeness (QED) is 0.216. The number of halogens is 1. The summed E-state index contributed by atoms with van der Waals surface area (Å²) in [6, 6.07) is 22.5. The van der Waals surface area contributed by atoms with Gasteiger partial charge in [-0.1, -0.05) is 36.4 Å². The molecule has 0 aliphatic rings. The van der Waals surface area contributed by atoms with Crippen LogP contribution in [-0.4, -0.2) is 32.8 Å². The van der Waals surface area contributed by atoms with Gasteiger partial charge in [-0.15, -0.1) is 0 Å². The van der Waals surface area contributed by atoms with Gasteiger partial charge in [0.15, 0.2) is 11.5 Å². The molecule has 9 heteroatoms. The molecule has 0 saturated heterocycles. The lowest BCUT2D eigenvalue weighted by Gasteiger charge is -2.20. The molecular weight excluding hydrogens is 572 g/mol. The van der Waals surface area contributed by atoms with Crippen LogP contribution in [0.1, 0.15) is 47.8 Å². The first-order valence-electron chi connectivity index (χ1n) is 13.2. The minimum atomic E-state index is -0.700. The number of H-pyrrole nitrogens is 2. The lowest BCUT2D eigenvalue weighted by atomic mass is 9.85. The van der Waals surface area contributed by atoms with Gasteiger partial charge in [0.2, 0.25) is 0 Å². The highest BCUT2D eigenvalue weighted by atomic mass is 79.9. The summed E-state index contributed by atoms with van der Waals surface area (Å²) in [5.74, 6) is 0.410. The van der Waals surface area contributed by atoms with Gasteiger partial charge in [-0.05, 0) is 85.6 Å². The van der Waals surface area contributed by atoms with Crippen LogP contribution in [0.25, 0.3) is 11.4 Å². The van der Waals surface area contributed by atoms with Gasteiger partial charge in [0, 0.05) is 17.3 Å². The number of hydrogen-bond donors (Lipinski definition) is 2. The Morgan fingerprint density at radius 1 is 0.750 bits per heavy atom. The number of nitrogens with one attached hydrogen (secondary N) is 2. The Bertz CT molecular complexity index is 1650. The van der Waals surface area contributed by atoms with Crippen LogP contribution >= 0.6 is 15.9 Å². The predicted molar refractivity (Wildman–Crippen MR) is 160 cm³/mol. The fourth-order valence-electron chi connectivity index (χ4n) is 5.10. The van der Waals surface area contributed by atoms with E-state index in [-0.39, 0.29) is 11.1 Å². The maximum atomic E-state index is 14.1. The molecule has 5 rings (SSSR count). The van der Waals surface area contributed by atoms with E-state index in [1.54, 1.807) is 0 Å². The van der Waals surface area contributed by atoms with E-state index in [4.69, 9.17) is 9.47 Å². The van der Waals surface area contributed by atoms with Crippen molar-refractivity contribution >= 4 is 15.9 Å². The Kier molecular flexibility index (Phi) is 7.84. The molecule has 5 aromatic rings. The van der Waals surface area contributed by atoms with Gasteiger partial charge in [-0.3, -0.25) is 19.8 Å². The van der Waals surface area contributed by atoms with E-state index >= 15 is 0 Å². The van der Waals surface area contributed by atoms with E-state index in [1.165, 1.54) is 9.36 Å². The number of aryl methyl sites for hydroxylation is 2. The van der Waals surface area contributed by atoms with E-state index in [2.05, 4.69) is 26.1 Å². The summed E-state index contributed by atoms with van der Waals surface area (Å²) in [5, 5.41) is 6.46. The van der Waals surface area contributed by atoms with Crippen LogP contribution in [0, 0.1) is 13.8 Å². The molecule has 0 bridgehead atoms. The largest absolute Gasteiger partial charge is 0.490 e. The van der Waals surface area contributed by atoms with Crippen LogP contribution in [0.15, 0.2) is 86.9 Å². The molecule has 8 nitrogen and oxygen atoms in total. The summed E-state index contributed by atoms with van der Waals surface area (Å²) in [6.45, 7) is 8.40. The third kappa shape index (κ3) is 4.93.